The van der Waals surface area contributed by atoms with Gasteiger partial charge >= 0.3 is 6.09 Å². The molecule has 4 nitrogen and oxygen atoms in total. The van der Waals surface area contributed by atoms with Crippen molar-refractivity contribution in [2.45, 2.75) is 38.4 Å². The van der Waals surface area contributed by atoms with Gasteiger partial charge in [-0.3, -0.25) is 5.32 Å². The Bertz CT molecular complexity index is 774. The zero-order valence-corrected chi connectivity index (χ0v) is 14.8. The summed E-state index contributed by atoms with van der Waals surface area (Å²) in [4.78, 5) is 12.3. The van der Waals surface area contributed by atoms with Gasteiger partial charge in [0, 0.05) is 5.39 Å². The van der Waals surface area contributed by atoms with E-state index in [4.69, 9.17) is 4.74 Å². The molecule has 132 valence electrons. The van der Waals surface area contributed by atoms with Crippen LogP contribution in [-0.4, -0.2) is 22.9 Å². The number of nitrogens with one attached hydrogen (secondary N) is 1. The molecule has 2 atom stereocenters. The Labute approximate surface area is 148 Å². The summed E-state index contributed by atoms with van der Waals surface area (Å²) < 4.78 is 5.51. The van der Waals surface area contributed by atoms with E-state index in [2.05, 4.69) is 18.5 Å². The number of rotatable bonds is 7. The number of carbonyl (C=O) groups excluding carboxylic acids is 1. The predicted molar refractivity (Wildman–Crippen MR) is 103 cm³/mol. The molecule has 0 radical (unpaired) electrons. The summed E-state index contributed by atoms with van der Waals surface area (Å²) in [6.07, 6.45) is 1.37. The van der Waals surface area contributed by atoms with Crippen molar-refractivity contribution < 1.29 is 14.6 Å². The summed E-state index contributed by atoms with van der Waals surface area (Å²) in [5.74, 6) is 0. The normalized spacial score (nSPS) is 14.4. The maximum absolute atomic E-state index is 12.3. The number of hydrogen-bond donors (Lipinski definition) is 2. The highest BCUT2D eigenvalue weighted by Crippen LogP contribution is 2.24. The molecule has 0 heterocycles. The van der Waals surface area contributed by atoms with Gasteiger partial charge in [-0.05, 0) is 43.7 Å². The zero-order valence-electron chi connectivity index (χ0n) is 14.8. The van der Waals surface area contributed by atoms with Crippen LogP contribution in [0.25, 0.3) is 10.8 Å². The van der Waals surface area contributed by atoms with Gasteiger partial charge in [-0.25, -0.2) is 4.79 Å². The van der Waals surface area contributed by atoms with Crippen molar-refractivity contribution in [1.29, 1.82) is 0 Å². The van der Waals surface area contributed by atoms with Crippen LogP contribution in [-0.2, 0) is 4.74 Å². The summed E-state index contributed by atoms with van der Waals surface area (Å²) in [6.45, 7) is 11.0. The Balaban J connectivity index is 2.06. The maximum atomic E-state index is 12.3. The number of benzene rings is 2. The first-order chi connectivity index (χ1) is 11.8. The number of hydrogen-bond acceptors (Lipinski definition) is 3. The molecule has 0 spiro atoms. The van der Waals surface area contributed by atoms with Crippen molar-refractivity contribution in [3.63, 3.8) is 0 Å². The van der Waals surface area contributed by atoms with Crippen LogP contribution in [0, 0.1) is 0 Å². The van der Waals surface area contributed by atoms with Gasteiger partial charge in [0.1, 0.15) is 6.10 Å². The van der Waals surface area contributed by atoms with E-state index in [9.17, 15) is 9.90 Å². The number of ether oxygens (including phenoxy) is 1. The quantitative estimate of drug-likeness (QED) is 0.694. The molecule has 0 aliphatic carbocycles. The molecule has 1 amide bonds. The molecule has 2 N–H and O–H groups in total. The summed E-state index contributed by atoms with van der Waals surface area (Å²) in [6, 6.07) is 13.5. The smallest absolute Gasteiger partial charge is 0.412 e. The maximum Gasteiger partial charge on any atom is 0.412 e. The van der Waals surface area contributed by atoms with Crippen molar-refractivity contribution in [3.05, 3.63) is 67.3 Å². The van der Waals surface area contributed by atoms with Gasteiger partial charge in [0.05, 0.1) is 11.3 Å². The third-order valence-electron chi connectivity index (χ3n) is 4.18. The largest absolute Gasteiger partial charge is 0.441 e. The van der Waals surface area contributed by atoms with Crippen LogP contribution in [0.1, 0.15) is 26.7 Å². The van der Waals surface area contributed by atoms with Crippen LogP contribution >= 0.6 is 0 Å². The highest BCUT2D eigenvalue weighted by molar-refractivity contribution is 6.00. The Morgan fingerprint density at radius 1 is 1.32 bits per heavy atom. The molecule has 25 heavy (non-hydrogen) atoms. The van der Waals surface area contributed by atoms with Gasteiger partial charge in [0.25, 0.3) is 0 Å². The summed E-state index contributed by atoms with van der Waals surface area (Å²) in [7, 11) is 0. The SMILES string of the molecule is C=C[C@](C)(O)CC[C@H](OC(=O)Nc1cccc2ccccc12)C(=C)C. The molecular formula is C21H25NO3. The summed E-state index contributed by atoms with van der Waals surface area (Å²) in [5, 5.41) is 14.8. The molecule has 4 heteroatoms. The van der Waals surface area contributed by atoms with Gasteiger partial charge in [-0.1, -0.05) is 49.1 Å². The fourth-order valence-corrected chi connectivity index (χ4v) is 2.53. The van der Waals surface area contributed by atoms with Crippen LogP contribution in [0.4, 0.5) is 10.5 Å². The highest BCUT2D eigenvalue weighted by atomic mass is 16.6. The topological polar surface area (TPSA) is 58.6 Å². The van der Waals surface area contributed by atoms with Crippen LogP contribution < -0.4 is 5.32 Å². The van der Waals surface area contributed by atoms with Crippen LogP contribution in [0.2, 0.25) is 0 Å². The average Bonchev–Trinajstić information content (AvgIpc) is 2.58. The van der Waals surface area contributed by atoms with E-state index in [-0.39, 0.29) is 0 Å². The summed E-state index contributed by atoms with van der Waals surface area (Å²) in [5.41, 5.74) is 0.429. The third-order valence-corrected chi connectivity index (χ3v) is 4.18. The minimum atomic E-state index is -0.997. The number of aliphatic hydroxyl groups is 1. The molecule has 0 saturated heterocycles. The minimum Gasteiger partial charge on any atom is -0.441 e. The molecule has 2 aromatic rings. The number of amides is 1. The van der Waals surface area contributed by atoms with Gasteiger partial charge in [-0.2, -0.15) is 0 Å². The Morgan fingerprint density at radius 2 is 2.00 bits per heavy atom. The number of anilines is 1. The lowest BCUT2D eigenvalue weighted by Crippen LogP contribution is -2.27. The zero-order chi connectivity index (χ0) is 18.4. The van der Waals surface area contributed by atoms with Crippen LogP contribution in [0.5, 0.6) is 0 Å². The molecule has 2 aromatic carbocycles. The molecule has 2 rings (SSSR count). The lowest BCUT2D eigenvalue weighted by Gasteiger charge is -2.23. The third kappa shape index (κ3) is 5.19. The molecule has 0 aliphatic heterocycles. The molecule has 0 unspecified atom stereocenters. The van der Waals surface area contributed by atoms with E-state index in [0.29, 0.717) is 18.5 Å². The van der Waals surface area contributed by atoms with E-state index < -0.39 is 17.8 Å². The Morgan fingerprint density at radius 3 is 2.68 bits per heavy atom. The fraction of sp³-hybridized carbons (Fsp3) is 0.286. The molecule has 0 aliphatic rings. The van der Waals surface area contributed by atoms with E-state index in [0.717, 1.165) is 16.3 Å². The molecule has 0 saturated carbocycles. The van der Waals surface area contributed by atoms with E-state index in [1.165, 1.54) is 6.08 Å². The second kappa shape index (κ2) is 7.99. The van der Waals surface area contributed by atoms with Crippen LogP contribution in [0.15, 0.2) is 67.3 Å². The predicted octanol–water partition coefficient (Wildman–Crippen LogP) is 5.05. The minimum absolute atomic E-state index is 0.426. The van der Waals surface area contributed by atoms with Crippen molar-refractivity contribution in [2.24, 2.45) is 0 Å². The second-order valence-electron chi connectivity index (χ2n) is 6.49. The van der Waals surface area contributed by atoms with Crippen molar-refractivity contribution >= 4 is 22.6 Å². The molecule has 0 bridgehead atoms. The van der Waals surface area contributed by atoms with E-state index >= 15 is 0 Å². The van der Waals surface area contributed by atoms with Gasteiger partial charge < -0.3 is 9.84 Å². The summed E-state index contributed by atoms with van der Waals surface area (Å²) >= 11 is 0. The molecule has 0 aromatic heterocycles. The van der Waals surface area contributed by atoms with E-state index in [1.807, 2.05) is 42.5 Å². The first-order valence-corrected chi connectivity index (χ1v) is 8.29. The van der Waals surface area contributed by atoms with Gasteiger partial charge in [-0.15, -0.1) is 6.58 Å². The molecule has 0 fully saturated rings. The second-order valence-corrected chi connectivity index (χ2v) is 6.49. The number of carbonyl (C=O) groups is 1. The lowest BCUT2D eigenvalue weighted by molar-refractivity contribution is 0.0722. The van der Waals surface area contributed by atoms with Crippen molar-refractivity contribution in [3.8, 4) is 0 Å². The molecular weight excluding hydrogens is 314 g/mol. The monoisotopic (exact) mass is 339 g/mol. The van der Waals surface area contributed by atoms with E-state index in [1.54, 1.807) is 13.8 Å². The number of fused-ring (bicyclic) bond motifs is 1. The average molecular weight is 339 g/mol. The standard InChI is InChI=1S/C21H25NO3/c1-5-21(4,24)14-13-19(15(2)3)25-20(23)22-18-12-8-10-16-9-6-7-11-17(16)18/h5-12,19,24H,1-2,13-14H2,3-4H3,(H,22,23)/t19-,21-/m0/s1. The van der Waals surface area contributed by atoms with Crippen molar-refractivity contribution in [2.75, 3.05) is 5.32 Å². The van der Waals surface area contributed by atoms with Crippen molar-refractivity contribution in [1.82, 2.24) is 0 Å². The van der Waals surface area contributed by atoms with Gasteiger partial charge in [0.15, 0.2) is 0 Å². The Hall–Kier alpha value is -2.59. The first kappa shape index (κ1) is 18.7. The lowest BCUT2D eigenvalue weighted by atomic mass is 9.96. The first-order valence-electron chi connectivity index (χ1n) is 8.29. The van der Waals surface area contributed by atoms with Crippen LogP contribution in [0.3, 0.4) is 0 Å². The van der Waals surface area contributed by atoms with Gasteiger partial charge in [0.2, 0.25) is 0 Å². The highest BCUT2D eigenvalue weighted by Gasteiger charge is 2.22. The fourth-order valence-electron chi connectivity index (χ4n) is 2.53. The Kier molecular flexibility index (Phi) is 5.99.